The van der Waals surface area contributed by atoms with Gasteiger partial charge in [0.05, 0.1) is 12.6 Å². The number of nitrogens with one attached hydrogen (secondary N) is 1. The molecule has 2 aromatic carbocycles. The molecule has 1 N–H and O–H groups in total. The van der Waals surface area contributed by atoms with Crippen molar-refractivity contribution in [2.75, 3.05) is 13.1 Å². The van der Waals surface area contributed by atoms with Gasteiger partial charge in [0.1, 0.15) is 6.29 Å². The third kappa shape index (κ3) is 3.58. The van der Waals surface area contributed by atoms with Crippen LogP contribution in [0.3, 0.4) is 0 Å². The Morgan fingerprint density at radius 3 is 2.55 bits per heavy atom. The fourth-order valence-electron chi connectivity index (χ4n) is 4.18. The summed E-state index contributed by atoms with van der Waals surface area (Å²) in [5.41, 5.74) is 0.306. The van der Waals surface area contributed by atoms with Crippen molar-refractivity contribution in [3.8, 4) is 11.1 Å². The fraction of sp³-hybridized carbons (Fsp3) is 0.318. The van der Waals surface area contributed by atoms with E-state index in [9.17, 15) is 31.9 Å². The first-order valence-corrected chi connectivity index (χ1v) is 9.67. The monoisotopic (exact) mass is 434 g/mol. The van der Waals surface area contributed by atoms with Gasteiger partial charge in [0.25, 0.3) is 11.8 Å². The summed E-state index contributed by atoms with van der Waals surface area (Å²) in [5, 5.41) is 2.38. The van der Waals surface area contributed by atoms with Crippen LogP contribution >= 0.6 is 0 Å². The number of carbonyl (C=O) groups excluding carboxylic acids is 3. The standard InChI is InChI=1S/C22H18F4N2O3/c23-20(24)13-7-14(11-29)28(10-13)19(30)9-27-21(31)12-5-6-18-16(8-12)15-3-1-2-4-17(15)22(18,25)26/h1-6,8,11,13-14,20H,7,9-10H2,(H,27,31). The molecular weight excluding hydrogens is 416 g/mol. The molecule has 2 unspecified atom stereocenters. The zero-order chi connectivity index (χ0) is 22.3. The van der Waals surface area contributed by atoms with E-state index in [0.29, 0.717) is 11.8 Å². The molecule has 0 saturated carbocycles. The van der Waals surface area contributed by atoms with Crippen LogP contribution < -0.4 is 5.32 Å². The van der Waals surface area contributed by atoms with E-state index >= 15 is 0 Å². The molecular formula is C22H18F4N2O3. The second-order valence-corrected chi connectivity index (χ2v) is 7.64. The van der Waals surface area contributed by atoms with Gasteiger partial charge in [-0.2, -0.15) is 8.78 Å². The smallest absolute Gasteiger partial charge is 0.299 e. The Morgan fingerprint density at radius 2 is 1.84 bits per heavy atom. The Labute approximate surface area is 175 Å². The molecule has 0 aromatic heterocycles. The Kier molecular flexibility index (Phi) is 5.28. The van der Waals surface area contributed by atoms with Crippen LogP contribution in [0.2, 0.25) is 0 Å². The number of likely N-dealkylation sites (tertiary alicyclic amines) is 1. The van der Waals surface area contributed by atoms with Gasteiger partial charge in [0, 0.05) is 29.2 Å². The van der Waals surface area contributed by atoms with Gasteiger partial charge in [0.2, 0.25) is 12.3 Å². The summed E-state index contributed by atoms with van der Waals surface area (Å²) in [6.07, 6.45) is -2.33. The number of hydrogen-bond acceptors (Lipinski definition) is 3. The molecule has 1 heterocycles. The summed E-state index contributed by atoms with van der Waals surface area (Å²) < 4.78 is 55.1. The summed E-state index contributed by atoms with van der Waals surface area (Å²) in [4.78, 5) is 37.0. The van der Waals surface area contributed by atoms with Crippen LogP contribution in [0.4, 0.5) is 17.6 Å². The van der Waals surface area contributed by atoms with Gasteiger partial charge in [-0.25, -0.2) is 8.78 Å². The molecule has 2 aromatic rings. The number of alkyl halides is 4. The Hall–Kier alpha value is -3.23. The van der Waals surface area contributed by atoms with E-state index in [2.05, 4.69) is 5.32 Å². The summed E-state index contributed by atoms with van der Waals surface area (Å²) >= 11 is 0. The van der Waals surface area contributed by atoms with Gasteiger partial charge in [-0.3, -0.25) is 9.59 Å². The molecule has 1 aliphatic carbocycles. The van der Waals surface area contributed by atoms with Crippen molar-refractivity contribution in [3.05, 3.63) is 59.2 Å². The summed E-state index contributed by atoms with van der Waals surface area (Å²) in [7, 11) is 0. The summed E-state index contributed by atoms with van der Waals surface area (Å²) in [5.74, 6) is -5.59. The van der Waals surface area contributed by atoms with Crippen molar-refractivity contribution >= 4 is 18.1 Å². The lowest BCUT2D eigenvalue weighted by molar-refractivity contribution is -0.133. The van der Waals surface area contributed by atoms with Gasteiger partial charge < -0.3 is 15.0 Å². The lowest BCUT2D eigenvalue weighted by Gasteiger charge is -2.20. The van der Waals surface area contributed by atoms with Gasteiger partial charge in [-0.1, -0.05) is 30.3 Å². The maximum absolute atomic E-state index is 14.6. The largest absolute Gasteiger partial charge is 0.343 e. The SMILES string of the molecule is O=CC1CC(C(F)F)CN1C(=O)CNC(=O)c1ccc2c(c1)-c1ccccc1C2(F)F. The predicted molar refractivity (Wildman–Crippen MR) is 103 cm³/mol. The molecule has 2 aliphatic rings. The van der Waals surface area contributed by atoms with Gasteiger partial charge >= 0.3 is 0 Å². The van der Waals surface area contributed by atoms with E-state index in [0.717, 1.165) is 4.90 Å². The van der Waals surface area contributed by atoms with Crippen LogP contribution in [-0.2, 0) is 15.5 Å². The molecule has 9 heteroatoms. The van der Waals surface area contributed by atoms with E-state index in [1.54, 1.807) is 12.1 Å². The molecule has 0 spiro atoms. The number of aldehydes is 1. The zero-order valence-corrected chi connectivity index (χ0v) is 16.2. The molecule has 0 radical (unpaired) electrons. The lowest BCUT2D eigenvalue weighted by Crippen LogP contribution is -2.43. The molecule has 1 saturated heterocycles. The third-order valence-corrected chi connectivity index (χ3v) is 5.79. The maximum Gasteiger partial charge on any atom is 0.299 e. The van der Waals surface area contributed by atoms with Crippen LogP contribution in [0.5, 0.6) is 0 Å². The Balaban J connectivity index is 1.47. The first kappa shape index (κ1) is 21.0. The molecule has 1 fully saturated rings. The Morgan fingerprint density at radius 1 is 1.13 bits per heavy atom. The molecule has 0 bridgehead atoms. The van der Waals surface area contributed by atoms with Crippen molar-refractivity contribution in [1.29, 1.82) is 0 Å². The molecule has 1 aliphatic heterocycles. The number of carbonyl (C=O) groups is 3. The van der Waals surface area contributed by atoms with Crippen LogP contribution in [0, 0.1) is 5.92 Å². The van der Waals surface area contributed by atoms with Gasteiger partial charge in [-0.15, -0.1) is 0 Å². The van der Waals surface area contributed by atoms with Crippen molar-refractivity contribution in [2.24, 2.45) is 5.92 Å². The fourth-order valence-corrected chi connectivity index (χ4v) is 4.18. The minimum absolute atomic E-state index is 0.0814. The molecule has 162 valence electrons. The first-order chi connectivity index (χ1) is 14.7. The van der Waals surface area contributed by atoms with Crippen LogP contribution in [0.15, 0.2) is 42.5 Å². The second-order valence-electron chi connectivity index (χ2n) is 7.64. The van der Waals surface area contributed by atoms with E-state index < -0.39 is 42.7 Å². The molecule has 5 nitrogen and oxygen atoms in total. The molecule has 31 heavy (non-hydrogen) atoms. The van der Waals surface area contributed by atoms with E-state index in [4.69, 9.17) is 0 Å². The highest BCUT2D eigenvalue weighted by Gasteiger charge is 2.44. The van der Waals surface area contributed by atoms with Crippen LogP contribution in [0.25, 0.3) is 11.1 Å². The summed E-state index contributed by atoms with van der Waals surface area (Å²) in [6.45, 7) is -0.760. The number of benzene rings is 2. The highest BCUT2D eigenvalue weighted by atomic mass is 19.3. The average molecular weight is 434 g/mol. The number of halogens is 4. The average Bonchev–Trinajstić information content (AvgIpc) is 3.30. The number of fused-ring (bicyclic) bond motifs is 3. The van der Waals surface area contributed by atoms with Crippen molar-refractivity contribution in [2.45, 2.75) is 24.8 Å². The van der Waals surface area contributed by atoms with E-state index in [-0.39, 0.29) is 35.2 Å². The second kappa shape index (κ2) is 7.79. The van der Waals surface area contributed by atoms with Crippen molar-refractivity contribution in [3.63, 3.8) is 0 Å². The number of rotatable bonds is 5. The summed E-state index contributed by atoms with van der Waals surface area (Å²) in [6, 6.07) is 8.83. The highest BCUT2D eigenvalue weighted by molar-refractivity contribution is 5.98. The maximum atomic E-state index is 14.6. The number of hydrogen-bond donors (Lipinski definition) is 1. The number of amides is 2. The lowest BCUT2D eigenvalue weighted by atomic mass is 10.0. The zero-order valence-electron chi connectivity index (χ0n) is 16.2. The van der Waals surface area contributed by atoms with Crippen LogP contribution in [-0.4, -0.2) is 48.6 Å². The van der Waals surface area contributed by atoms with E-state index in [1.165, 1.54) is 30.3 Å². The van der Waals surface area contributed by atoms with Crippen molar-refractivity contribution in [1.82, 2.24) is 10.2 Å². The van der Waals surface area contributed by atoms with Crippen LogP contribution in [0.1, 0.15) is 27.9 Å². The quantitative estimate of drug-likeness (QED) is 0.581. The van der Waals surface area contributed by atoms with Crippen molar-refractivity contribution < 1.29 is 31.9 Å². The molecule has 4 rings (SSSR count). The number of nitrogens with zero attached hydrogens (tertiary/aromatic N) is 1. The third-order valence-electron chi connectivity index (χ3n) is 5.79. The Bertz CT molecular complexity index is 1060. The first-order valence-electron chi connectivity index (χ1n) is 9.67. The van der Waals surface area contributed by atoms with E-state index in [1.807, 2.05) is 0 Å². The minimum Gasteiger partial charge on any atom is -0.343 e. The van der Waals surface area contributed by atoms with Gasteiger partial charge in [0.15, 0.2) is 0 Å². The predicted octanol–water partition coefficient (Wildman–Crippen LogP) is 3.22. The molecule has 2 atom stereocenters. The highest BCUT2D eigenvalue weighted by Crippen LogP contribution is 2.50. The topological polar surface area (TPSA) is 66.5 Å². The normalized spacial score (nSPS) is 21.0. The van der Waals surface area contributed by atoms with Gasteiger partial charge in [-0.05, 0) is 29.7 Å². The molecule has 2 amide bonds. The minimum atomic E-state index is -3.17.